The molecule has 2 rings (SSSR count). The maximum Gasteiger partial charge on any atom is 0.335 e. The monoisotopic (exact) mass is 1960 g/mol. The summed E-state index contributed by atoms with van der Waals surface area (Å²) < 4.78 is 30.3. The molecule has 0 spiro atoms. The normalized spacial score (nSPS) is 11.1. The Morgan fingerprint density at radius 1 is 0.292 bits per heavy atom. The Morgan fingerprint density at radius 2 is 0.526 bits per heavy atom. The minimum Gasteiger partial charge on any atom is -0.380 e. The third kappa shape index (κ3) is 83.2. The van der Waals surface area contributed by atoms with Crippen LogP contribution in [-0.2, 0) is 124 Å². The van der Waals surface area contributed by atoms with Crippen LogP contribution in [0.4, 0.5) is 0 Å². The first kappa shape index (κ1) is 132. The number of imide groups is 2. The molecule has 0 aliphatic carbocycles. The van der Waals surface area contributed by atoms with E-state index >= 15 is 0 Å². The summed E-state index contributed by atoms with van der Waals surface area (Å²) in [5.74, 6) is -5.83. The van der Waals surface area contributed by atoms with Crippen molar-refractivity contribution in [1.82, 2.24) is 55.5 Å². The van der Waals surface area contributed by atoms with Gasteiger partial charge < -0.3 is 118 Å². The molecule has 2 aliphatic rings. The van der Waals surface area contributed by atoms with Crippen LogP contribution >= 0.6 is 0 Å². The lowest BCUT2D eigenvalue weighted by Gasteiger charge is -2.16. The highest BCUT2D eigenvalue weighted by Crippen LogP contribution is 2.15. The lowest BCUT2D eigenvalue weighted by Crippen LogP contribution is -2.39. The molecule has 0 bridgehead atoms. The van der Waals surface area contributed by atoms with Gasteiger partial charge in [0.1, 0.15) is 13.2 Å². The van der Waals surface area contributed by atoms with Crippen molar-refractivity contribution in [2.24, 2.45) is 65.1 Å². The van der Waals surface area contributed by atoms with Gasteiger partial charge in [0.25, 0.3) is 23.6 Å². The minimum atomic E-state index is -0.820. The number of hydroxylamine groups is 4. The van der Waals surface area contributed by atoms with Gasteiger partial charge in [0.05, 0.1) is 118 Å². The highest BCUT2D eigenvalue weighted by Gasteiger charge is 2.34. The van der Waals surface area contributed by atoms with E-state index in [2.05, 4.69) is 85.8 Å². The number of likely N-dealkylation sites (N-methyl/N-ethyl adjacent to an activating group) is 6. The Labute approximate surface area is 791 Å². The van der Waals surface area contributed by atoms with Gasteiger partial charge >= 0.3 is 11.9 Å². The van der Waals surface area contributed by atoms with Crippen LogP contribution in [0.5, 0.6) is 0 Å². The van der Waals surface area contributed by atoms with E-state index in [-0.39, 0.29) is 240 Å². The maximum absolute atomic E-state index is 11.6. The van der Waals surface area contributed by atoms with Crippen LogP contribution in [0.1, 0.15) is 122 Å². The van der Waals surface area contributed by atoms with Crippen molar-refractivity contribution in [2.75, 3.05) is 259 Å². The first-order valence-corrected chi connectivity index (χ1v) is 43.2. The van der Waals surface area contributed by atoms with Crippen molar-refractivity contribution in [3.63, 3.8) is 0 Å². The molecule has 61 nitrogen and oxygen atoms in total. The lowest BCUT2D eigenvalue weighted by molar-refractivity contribution is -0.199. The van der Waals surface area contributed by atoms with Gasteiger partial charge in [0, 0.05) is 241 Å². The quantitative estimate of drug-likeness (QED) is 0.0110. The van der Waals surface area contributed by atoms with E-state index < -0.39 is 35.6 Å². The molecule has 0 unspecified atom stereocenters. The van der Waals surface area contributed by atoms with Crippen LogP contribution < -0.4 is 50.4 Å². The Morgan fingerprint density at radius 3 is 0.766 bits per heavy atom. The van der Waals surface area contributed by atoms with E-state index in [4.69, 9.17) is 96.0 Å². The summed E-state index contributed by atoms with van der Waals surface area (Å²) in [5, 5.41) is 28.7. The van der Waals surface area contributed by atoms with Crippen molar-refractivity contribution in [3.05, 3.63) is 62.7 Å². The Hall–Kier alpha value is -13.2. The predicted octanol–water partition coefficient (Wildman–Crippen LogP) is -1.51. The summed E-state index contributed by atoms with van der Waals surface area (Å²) in [7, 11) is 9.36. The molecular weight excluding hydrogens is 1820 g/mol. The molecule has 0 saturated carbocycles. The van der Waals surface area contributed by atoms with Crippen molar-refractivity contribution in [3.8, 4) is 0 Å². The number of ketones is 3. The fraction of sp³-hybridized carbons (Fsp3) is 0.763. The zero-order chi connectivity index (χ0) is 104. The molecular formula is C76H137N35O26. The molecule has 2 heterocycles. The van der Waals surface area contributed by atoms with Crippen LogP contribution in [0, 0.1) is 0 Å². The molecule has 15 N–H and O–H groups in total. The summed E-state index contributed by atoms with van der Waals surface area (Å²) in [6, 6.07) is 0. The van der Waals surface area contributed by atoms with Gasteiger partial charge in [-0.3, -0.25) is 76.7 Å². The molecule has 2 aliphatic heterocycles. The number of azide groups is 6. The SMILES string of the molecule is CN(CC(=O)CCCCN=[N+]=[N-])C(=O)CCN.CN(CC(=O)CCCCN=[N+]=[N-])C(=O)COCCN.CN(CC(=O)CCCCN=[N+]=[N-])C(=O)COCCN.CN(CC(=O)NCCOCCN=[N+]=[N-])C(=O)CCN.CN(CC(=O)NCCOCCN=[N+]=[N-])C(=O)CCN.CN(CC(=O)NCCOCCN=[N+]=[N-])C(=O)CCN.O=C(CCOCCC(=O)ON1C(=O)CCC1=O)ON1C(=O)CCC1=O. The molecule has 13 amide bonds. The number of ether oxygens (including phenoxy) is 6. The van der Waals surface area contributed by atoms with Crippen molar-refractivity contribution < 1.29 is 124 Å². The number of rotatable bonds is 69. The number of hydrogen-bond donors (Lipinski definition) is 9. The number of carbonyl (C=O) groups is 18. The fourth-order valence-corrected chi connectivity index (χ4v) is 9.55. The summed E-state index contributed by atoms with van der Waals surface area (Å²) in [6.45, 7) is 7.35. The molecule has 0 atom stereocenters. The van der Waals surface area contributed by atoms with Gasteiger partial charge in [-0.05, 0) is 71.7 Å². The smallest absolute Gasteiger partial charge is 0.335 e. The number of nitrogens with zero attached hydrogens (tertiary/aromatic N) is 26. The second-order valence-electron chi connectivity index (χ2n) is 28.1. The number of unbranched alkanes of at least 4 members (excludes halogenated alkanes) is 3. The van der Waals surface area contributed by atoms with Gasteiger partial charge in [-0.15, -0.1) is 10.1 Å². The third-order valence-electron chi connectivity index (χ3n) is 16.6. The second-order valence-corrected chi connectivity index (χ2v) is 28.1. The first-order valence-electron chi connectivity index (χ1n) is 43.2. The van der Waals surface area contributed by atoms with E-state index in [1.54, 1.807) is 42.3 Å². The summed E-state index contributed by atoms with van der Waals surface area (Å²) >= 11 is 0. The molecule has 0 aromatic rings. The van der Waals surface area contributed by atoms with Crippen molar-refractivity contribution in [1.29, 1.82) is 0 Å². The van der Waals surface area contributed by atoms with Gasteiger partial charge in [-0.2, -0.15) is 0 Å². The number of nitrogens with one attached hydrogen (secondary N) is 3. The van der Waals surface area contributed by atoms with Crippen LogP contribution in [0.3, 0.4) is 0 Å². The second kappa shape index (κ2) is 93.3. The summed E-state index contributed by atoms with van der Waals surface area (Å²) in [4.78, 5) is 238. The lowest BCUT2D eigenvalue weighted by atomic mass is 10.1. The van der Waals surface area contributed by atoms with E-state index in [0.29, 0.717) is 180 Å². The van der Waals surface area contributed by atoms with Gasteiger partial charge in [0.15, 0.2) is 17.3 Å². The average Bonchev–Trinajstić information content (AvgIpc) is 1.74. The number of carbonyl (C=O) groups excluding carboxylic acids is 18. The maximum atomic E-state index is 11.6. The fourth-order valence-electron chi connectivity index (χ4n) is 9.55. The highest BCUT2D eigenvalue weighted by atomic mass is 16.7. The van der Waals surface area contributed by atoms with Crippen LogP contribution in [-0.4, -0.2) is 405 Å². The average molecular weight is 1960 g/mol. The highest BCUT2D eigenvalue weighted by molar-refractivity contribution is 6.02. The topological polar surface area (TPSA) is 892 Å². The predicted molar refractivity (Wildman–Crippen MR) is 487 cm³/mol. The minimum absolute atomic E-state index is 0.00242. The molecule has 61 heteroatoms. The number of nitrogens with two attached hydrogens (primary N) is 6. The molecule has 0 aromatic heterocycles. The van der Waals surface area contributed by atoms with Gasteiger partial charge in [-0.1, -0.05) is 30.7 Å². The van der Waals surface area contributed by atoms with Crippen molar-refractivity contribution in [2.45, 2.75) is 122 Å². The third-order valence-corrected chi connectivity index (χ3v) is 16.6. The molecule has 137 heavy (non-hydrogen) atoms. The number of hydrogen-bond acceptors (Lipinski definition) is 38. The Balaban J connectivity index is -0.000000496. The number of Topliss-reactive ketones (excluding diaryl/α,β-unsaturated/α-hetero) is 3. The molecule has 0 radical (unpaired) electrons. The Bertz CT molecular complexity index is 3620. The van der Waals surface area contributed by atoms with E-state index in [9.17, 15) is 86.3 Å². The number of amides is 13. The summed E-state index contributed by atoms with van der Waals surface area (Å²) in [5.41, 5.74) is 79.7. The van der Waals surface area contributed by atoms with Crippen molar-refractivity contribution >= 4 is 106 Å². The first-order chi connectivity index (χ1) is 65.6. The van der Waals surface area contributed by atoms with Crippen LogP contribution in [0.15, 0.2) is 30.7 Å². The standard InChI is InChI=1S/C14H16N2O9.2C11H21N5O3.3C10H20N6O3.C10H19N5O2/c17-9-1-2-10(18)15(9)24-13(21)5-7-23-8-6-14(22)25-16-11(19)3-4-12(16)20;2*1-16(11(18)9-19-7-5-12)8-10(17)4-2-3-6-14-15-13;3*1-16(10(18)2-3-11)8-9(17)13-4-6-19-7-5-14-15-12;1-15(10(17)5-6-11)8-9(16)4-2-3-7-13-14-12/h1-8H2;2*2-9,12H2,1H3;3*2-8,11H2,1H3,(H,13,17);2-8,11H2,1H3. The van der Waals surface area contributed by atoms with E-state index in [1.807, 2.05) is 0 Å². The van der Waals surface area contributed by atoms with Gasteiger partial charge in [0.2, 0.25) is 53.2 Å². The molecule has 2 fully saturated rings. The zero-order valence-electron chi connectivity index (χ0n) is 79.0. The van der Waals surface area contributed by atoms with E-state index in [0.717, 1.165) is 0 Å². The molecule has 2 saturated heterocycles. The van der Waals surface area contributed by atoms with Gasteiger partial charge in [-0.25, -0.2) is 9.59 Å². The largest absolute Gasteiger partial charge is 0.380 e. The van der Waals surface area contributed by atoms with E-state index in [1.165, 1.54) is 29.4 Å². The van der Waals surface area contributed by atoms with Crippen LogP contribution in [0.2, 0.25) is 0 Å². The zero-order valence-corrected chi connectivity index (χ0v) is 79.0. The van der Waals surface area contributed by atoms with Crippen LogP contribution in [0.25, 0.3) is 62.7 Å². The molecule has 0 aromatic carbocycles. The molecule has 772 valence electrons. The summed E-state index contributed by atoms with van der Waals surface area (Å²) in [6.07, 6.45) is 5.71. The Kier molecular flexibility index (Phi) is 90.1.